The largest absolute Gasteiger partial charge is 0.192 e. The fourth-order valence-corrected chi connectivity index (χ4v) is 4.04. The smallest absolute Gasteiger partial charge is 0.101 e. The van der Waals surface area contributed by atoms with E-state index in [-0.39, 0.29) is 0 Å². The van der Waals surface area contributed by atoms with E-state index in [4.69, 9.17) is 5.26 Å². The van der Waals surface area contributed by atoms with Crippen LogP contribution in [-0.4, -0.2) is 11.5 Å². The summed E-state index contributed by atoms with van der Waals surface area (Å²) in [5.41, 5.74) is 1.88. The van der Waals surface area contributed by atoms with Gasteiger partial charge in [0.05, 0.1) is 9.81 Å². The van der Waals surface area contributed by atoms with Crippen LogP contribution in [0.1, 0.15) is 5.56 Å². The number of nitrogens with zero attached hydrogens (tertiary/aromatic N) is 1. The van der Waals surface area contributed by atoms with Gasteiger partial charge in [0.2, 0.25) is 0 Å². The van der Waals surface area contributed by atoms with Gasteiger partial charge in [-0.25, -0.2) is 0 Å². The van der Waals surface area contributed by atoms with Gasteiger partial charge < -0.3 is 0 Å². The van der Waals surface area contributed by atoms with Crippen LogP contribution in [0.25, 0.3) is 6.08 Å². The second-order valence-corrected chi connectivity index (χ2v) is 6.78. The van der Waals surface area contributed by atoms with Gasteiger partial charge in [-0.1, -0.05) is 34.1 Å². The molecule has 17 heavy (non-hydrogen) atoms. The molecule has 1 saturated heterocycles. The Bertz CT molecular complexity index is 489. The molecule has 1 heterocycles. The van der Waals surface area contributed by atoms with Gasteiger partial charge >= 0.3 is 0 Å². The highest BCUT2D eigenvalue weighted by Gasteiger charge is 2.11. The predicted octanol–water partition coefficient (Wildman–Crippen LogP) is 4.68. The van der Waals surface area contributed by atoms with Gasteiger partial charge in [-0.05, 0) is 23.8 Å². The summed E-state index contributed by atoms with van der Waals surface area (Å²) in [5, 5.41) is 9.12. The Morgan fingerprint density at radius 3 is 2.47 bits per heavy atom. The second kappa shape index (κ2) is 6.34. The van der Waals surface area contributed by atoms with Gasteiger partial charge in [-0.15, -0.1) is 23.5 Å². The molecule has 2 rings (SSSR count). The van der Waals surface area contributed by atoms with E-state index in [9.17, 15) is 0 Å². The highest BCUT2D eigenvalue weighted by molar-refractivity contribution is 9.10. The highest BCUT2D eigenvalue weighted by atomic mass is 79.9. The van der Waals surface area contributed by atoms with E-state index < -0.39 is 0 Å². The van der Waals surface area contributed by atoms with Crippen molar-refractivity contribution in [3.05, 3.63) is 50.2 Å². The lowest BCUT2D eigenvalue weighted by Gasteiger charge is -1.96. The van der Waals surface area contributed by atoms with E-state index in [2.05, 4.69) is 22.0 Å². The lowest BCUT2D eigenvalue weighted by Crippen LogP contribution is -1.76. The Morgan fingerprint density at radius 1 is 1.24 bits per heavy atom. The van der Waals surface area contributed by atoms with E-state index >= 15 is 0 Å². The summed E-state index contributed by atoms with van der Waals surface area (Å²) in [5.74, 6) is 2.22. The molecular weight excluding hydrogens is 314 g/mol. The summed E-state index contributed by atoms with van der Waals surface area (Å²) < 4.78 is 2.22. The number of benzene rings is 1. The van der Waals surface area contributed by atoms with E-state index in [1.165, 1.54) is 0 Å². The zero-order chi connectivity index (χ0) is 12.1. The van der Waals surface area contributed by atoms with Gasteiger partial charge in [0.25, 0.3) is 0 Å². The SMILES string of the molecule is N#CC(/C=C/c1ccc(Br)cc1)=C1SCCS1. The van der Waals surface area contributed by atoms with Crippen molar-refractivity contribution in [3.63, 3.8) is 0 Å². The van der Waals surface area contributed by atoms with Crippen LogP contribution in [0.4, 0.5) is 0 Å². The summed E-state index contributed by atoms with van der Waals surface area (Å²) in [4.78, 5) is 0. The number of allylic oxidation sites excluding steroid dienone is 2. The zero-order valence-electron chi connectivity index (χ0n) is 9.02. The topological polar surface area (TPSA) is 23.8 Å². The molecule has 1 aromatic rings. The second-order valence-electron chi connectivity index (χ2n) is 3.39. The molecule has 4 heteroatoms. The Balaban J connectivity index is 2.17. The average molecular weight is 324 g/mol. The summed E-state index contributed by atoms with van der Waals surface area (Å²) in [7, 11) is 0. The van der Waals surface area contributed by atoms with Crippen molar-refractivity contribution in [2.24, 2.45) is 0 Å². The molecule has 1 nitrogen and oxygen atoms in total. The van der Waals surface area contributed by atoms with Crippen molar-refractivity contribution < 1.29 is 0 Å². The normalized spacial score (nSPS) is 15.2. The monoisotopic (exact) mass is 323 g/mol. The first kappa shape index (κ1) is 12.8. The van der Waals surface area contributed by atoms with Crippen LogP contribution in [0.15, 0.2) is 44.6 Å². The number of hydrogen-bond donors (Lipinski definition) is 0. The molecule has 0 saturated carbocycles. The maximum absolute atomic E-state index is 9.12. The quantitative estimate of drug-likeness (QED) is 0.738. The minimum absolute atomic E-state index is 0.778. The lowest BCUT2D eigenvalue weighted by atomic mass is 10.2. The minimum atomic E-state index is 0.778. The van der Waals surface area contributed by atoms with E-state index in [1.54, 1.807) is 23.5 Å². The number of thioether (sulfide) groups is 2. The molecule has 0 radical (unpaired) electrons. The Morgan fingerprint density at radius 2 is 1.88 bits per heavy atom. The zero-order valence-corrected chi connectivity index (χ0v) is 12.2. The standard InChI is InChI=1S/C13H10BrNS2/c14-12-5-2-10(3-6-12)1-4-11(9-15)13-16-7-8-17-13/h1-6H,7-8H2/b4-1+. The number of rotatable bonds is 2. The van der Waals surface area contributed by atoms with Crippen molar-refractivity contribution in [1.29, 1.82) is 5.26 Å². The Hall–Kier alpha value is -0.630. The maximum Gasteiger partial charge on any atom is 0.101 e. The van der Waals surface area contributed by atoms with Crippen LogP contribution in [0, 0.1) is 11.3 Å². The van der Waals surface area contributed by atoms with Crippen molar-refractivity contribution in [1.82, 2.24) is 0 Å². The fraction of sp³-hybridized carbons (Fsp3) is 0.154. The third-order valence-corrected chi connectivity index (χ3v) is 5.48. The van der Waals surface area contributed by atoms with Crippen LogP contribution >= 0.6 is 39.5 Å². The number of hydrogen-bond acceptors (Lipinski definition) is 3. The average Bonchev–Trinajstić information content (AvgIpc) is 2.86. The minimum Gasteiger partial charge on any atom is -0.192 e. The van der Waals surface area contributed by atoms with Crippen LogP contribution < -0.4 is 0 Å². The lowest BCUT2D eigenvalue weighted by molar-refractivity contribution is 1.50. The summed E-state index contributed by atoms with van der Waals surface area (Å²) >= 11 is 6.95. The van der Waals surface area contributed by atoms with E-state index in [0.717, 1.165) is 31.4 Å². The van der Waals surface area contributed by atoms with Crippen molar-refractivity contribution in [2.75, 3.05) is 11.5 Å². The first-order chi connectivity index (χ1) is 8.29. The summed E-state index contributed by atoms with van der Waals surface area (Å²) in [6.45, 7) is 0. The molecule has 0 bridgehead atoms. The molecule has 0 atom stereocenters. The molecule has 0 spiro atoms. The molecular formula is C13H10BrNS2. The van der Waals surface area contributed by atoms with E-state index in [0.29, 0.717) is 0 Å². The van der Waals surface area contributed by atoms with Crippen LogP contribution in [0.5, 0.6) is 0 Å². The molecule has 0 unspecified atom stereocenters. The number of nitriles is 1. The Kier molecular flexibility index (Phi) is 4.78. The first-order valence-corrected chi connectivity index (χ1v) is 7.89. The van der Waals surface area contributed by atoms with Crippen LogP contribution in [0.2, 0.25) is 0 Å². The molecule has 0 N–H and O–H groups in total. The molecule has 1 aromatic carbocycles. The molecule has 1 aliphatic rings. The van der Waals surface area contributed by atoms with Gasteiger partial charge in [0, 0.05) is 16.0 Å². The van der Waals surface area contributed by atoms with Crippen molar-refractivity contribution >= 4 is 45.5 Å². The number of halogens is 1. The predicted molar refractivity (Wildman–Crippen MR) is 80.7 cm³/mol. The molecule has 1 fully saturated rings. The van der Waals surface area contributed by atoms with Gasteiger partial charge in [-0.2, -0.15) is 5.26 Å². The third kappa shape index (κ3) is 3.67. The summed E-state index contributed by atoms with van der Waals surface area (Å²) in [6, 6.07) is 10.3. The Labute approximate surface area is 118 Å². The van der Waals surface area contributed by atoms with Gasteiger partial charge in [0.1, 0.15) is 6.07 Å². The van der Waals surface area contributed by atoms with E-state index in [1.807, 2.05) is 36.4 Å². The van der Waals surface area contributed by atoms with Gasteiger partial charge in [-0.3, -0.25) is 0 Å². The van der Waals surface area contributed by atoms with Crippen molar-refractivity contribution in [3.8, 4) is 6.07 Å². The maximum atomic E-state index is 9.12. The fourth-order valence-electron chi connectivity index (χ4n) is 1.37. The van der Waals surface area contributed by atoms with Crippen LogP contribution in [-0.2, 0) is 0 Å². The molecule has 86 valence electrons. The molecule has 0 aromatic heterocycles. The van der Waals surface area contributed by atoms with Crippen LogP contribution in [0.3, 0.4) is 0 Å². The molecule has 0 aliphatic carbocycles. The molecule has 0 amide bonds. The van der Waals surface area contributed by atoms with Gasteiger partial charge in [0.15, 0.2) is 0 Å². The third-order valence-electron chi connectivity index (χ3n) is 2.20. The highest BCUT2D eigenvalue weighted by Crippen LogP contribution is 2.38. The first-order valence-electron chi connectivity index (χ1n) is 5.13. The van der Waals surface area contributed by atoms with Crippen molar-refractivity contribution in [2.45, 2.75) is 0 Å². The molecule has 1 aliphatic heterocycles. The summed E-state index contributed by atoms with van der Waals surface area (Å²) in [6.07, 6.45) is 3.89.